The standard InChI is InChI=1S/C62H97N21O16S.C2H4O2/c1-34(2)50(57(96)75-33-48(87)76-42(15-9-26-72-62(68)69)58(97)83-27-10-16-45(83)56(95)81-43(59(98)99)21-22-49(88)89)82-54(93)40(14-8-25-71-61(66)67)79-52(91)39(13-7-24-70-60(64)65)78-53(92)41(23-28-100-3)80-55(94)44(30-35-11-5-4-6-12-35)77-47(86)32-73-46(85)31-74-51(90)38(63)29-36-17-19-37(84)20-18-36;1-2(3)4/h4-6,11-12,17-20,34,38-45,50,84H,7-10,13-16,21-33,63H2,1-3H3,(H,73,85)(H,74,90)(H,75,96)(H,76,87)(H,77,86)(H,78,92)(H,79,91)(H,80,94)(H,81,95)(H,82,93)(H,88,89)(H,98,99)(H4,64,65,70)(H4,66,67,71)(H4,68,69,72);1H3,(H,3,4)/t38-,39-,40-,41-,42-,43-,44-,45-,50-;/m0./s1. The first kappa shape index (κ1) is 89.0. The largest absolute Gasteiger partial charge is 0.508 e. The Labute approximate surface area is 604 Å². The van der Waals surface area contributed by atoms with Crippen molar-refractivity contribution in [3.05, 3.63) is 65.7 Å². The van der Waals surface area contributed by atoms with Crippen molar-refractivity contribution >= 4 is 113 Å². The van der Waals surface area contributed by atoms with Gasteiger partial charge in [0, 0.05) is 45.9 Å². The lowest BCUT2D eigenvalue weighted by Crippen LogP contribution is -2.60. The summed E-state index contributed by atoms with van der Waals surface area (Å²) < 4.78 is 0. The molecule has 1 saturated heterocycles. The zero-order chi connectivity index (χ0) is 78.0. The lowest BCUT2D eigenvalue weighted by Gasteiger charge is -2.29. The summed E-state index contributed by atoms with van der Waals surface area (Å²) >= 11 is 1.33. The van der Waals surface area contributed by atoms with Gasteiger partial charge in [-0.25, -0.2) is 4.79 Å². The molecule has 40 heteroatoms. The molecule has 0 aliphatic carbocycles. The number of amides is 11. The number of rotatable bonds is 45. The molecule has 0 radical (unpaired) electrons. The second-order valence-corrected chi connectivity index (χ2v) is 25.2. The van der Waals surface area contributed by atoms with Gasteiger partial charge in [0.15, 0.2) is 17.9 Å². The Morgan fingerprint density at radius 3 is 1.47 bits per heavy atom. The van der Waals surface area contributed by atoms with Gasteiger partial charge in [-0.1, -0.05) is 56.3 Å². The highest BCUT2D eigenvalue weighted by molar-refractivity contribution is 7.98. The van der Waals surface area contributed by atoms with Crippen LogP contribution in [0.1, 0.15) is 103 Å². The molecule has 0 spiro atoms. The second kappa shape index (κ2) is 47.9. The van der Waals surface area contributed by atoms with E-state index in [1.54, 1.807) is 62.6 Å². The predicted molar refractivity (Wildman–Crippen MR) is 383 cm³/mol. The number of phenols is 1. The summed E-state index contributed by atoms with van der Waals surface area (Å²) in [7, 11) is 0. The average molecular weight is 1480 g/mol. The third kappa shape index (κ3) is 36.5. The number of carboxylic acids is 3. The van der Waals surface area contributed by atoms with Crippen molar-refractivity contribution < 1.29 is 87.5 Å². The predicted octanol–water partition coefficient (Wildman–Crippen LogP) is -6.15. The summed E-state index contributed by atoms with van der Waals surface area (Å²) in [5.41, 5.74) is 40.5. The fourth-order valence-corrected chi connectivity index (χ4v) is 10.5. The smallest absolute Gasteiger partial charge is 0.326 e. The third-order valence-electron chi connectivity index (χ3n) is 15.3. The summed E-state index contributed by atoms with van der Waals surface area (Å²) in [6, 6.07) is 2.45. The Hall–Kier alpha value is -11.1. The first-order valence-corrected chi connectivity index (χ1v) is 34.6. The van der Waals surface area contributed by atoms with Crippen LogP contribution < -0.4 is 93.3 Å². The molecule has 2 aromatic rings. The number of thioether (sulfide) groups is 1. The molecule has 0 unspecified atom stereocenters. The van der Waals surface area contributed by atoms with Gasteiger partial charge in [-0.05, 0) is 112 Å². The summed E-state index contributed by atoms with van der Waals surface area (Å²) in [5.74, 6) is -13.8. The number of carboxylic acid groups (broad SMARTS) is 3. The van der Waals surface area contributed by atoms with Crippen LogP contribution in [0.15, 0.2) is 69.6 Å². The number of carbonyl (C=O) groups excluding carboxylic acids is 11. The fourth-order valence-electron chi connectivity index (χ4n) is 10.1. The number of nitrogens with zero attached hydrogens (tertiary/aromatic N) is 4. The number of phenolic OH excluding ortho intramolecular Hbond substituents is 1. The van der Waals surface area contributed by atoms with Gasteiger partial charge in [0.2, 0.25) is 65.0 Å². The molecule has 1 fully saturated rings. The van der Waals surface area contributed by atoms with E-state index in [9.17, 15) is 72.5 Å². The molecule has 28 N–H and O–H groups in total. The Kier molecular flexibility index (Phi) is 41.0. The molecule has 9 atom stereocenters. The number of hydrogen-bond donors (Lipinski definition) is 21. The molecule has 1 aliphatic rings. The lowest BCUT2D eigenvalue weighted by molar-refractivity contribution is -0.145. The first-order valence-electron chi connectivity index (χ1n) is 33.2. The second-order valence-electron chi connectivity index (χ2n) is 24.2. The van der Waals surface area contributed by atoms with E-state index in [1.807, 2.05) is 0 Å². The Balaban J connectivity index is 0.00000894. The molecule has 0 bridgehead atoms. The van der Waals surface area contributed by atoms with Gasteiger partial charge in [0.1, 0.15) is 54.1 Å². The molecular weight excluding hydrogens is 1380 g/mol. The lowest BCUT2D eigenvalue weighted by atomic mass is 10.0. The van der Waals surface area contributed by atoms with Crippen LogP contribution in [0.2, 0.25) is 0 Å². The highest BCUT2D eigenvalue weighted by Crippen LogP contribution is 2.21. The van der Waals surface area contributed by atoms with Crippen LogP contribution in [-0.4, -0.2) is 238 Å². The minimum absolute atomic E-state index is 0.0000752. The minimum Gasteiger partial charge on any atom is -0.508 e. The van der Waals surface area contributed by atoms with Crippen LogP contribution in [-0.2, 0) is 80.0 Å². The molecule has 0 aromatic heterocycles. The third-order valence-corrected chi connectivity index (χ3v) is 15.9. The average Bonchev–Trinajstić information content (AvgIpc) is 1.64. The van der Waals surface area contributed by atoms with Crippen LogP contribution in [0.25, 0.3) is 0 Å². The van der Waals surface area contributed by atoms with Crippen molar-refractivity contribution in [2.75, 3.05) is 57.8 Å². The molecule has 3 rings (SSSR count). The van der Waals surface area contributed by atoms with E-state index in [1.165, 1.54) is 23.9 Å². The zero-order valence-corrected chi connectivity index (χ0v) is 59.4. The van der Waals surface area contributed by atoms with Crippen molar-refractivity contribution in [3.8, 4) is 5.75 Å². The first-order chi connectivity index (χ1) is 49.1. The van der Waals surface area contributed by atoms with E-state index >= 15 is 0 Å². The van der Waals surface area contributed by atoms with E-state index < -0.39 is 176 Å². The summed E-state index contributed by atoms with van der Waals surface area (Å²) in [6.45, 7) is 2.32. The molecule has 1 aliphatic heterocycles. The minimum atomic E-state index is -1.58. The molecule has 0 saturated carbocycles. The van der Waals surface area contributed by atoms with E-state index in [-0.39, 0.29) is 114 Å². The monoisotopic (exact) mass is 1480 g/mol. The van der Waals surface area contributed by atoms with Crippen molar-refractivity contribution in [2.45, 2.75) is 159 Å². The van der Waals surface area contributed by atoms with Crippen molar-refractivity contribution in [1.29, 1.82) is 0 Å². The van der Waals surface area contributed by atoms with Gasteiger partial charge >= 0.3 is 11.9 Å². The molecule has 104 heavy (non-hydrogen) atoms. The summed E-state index contributed by atoms with van der Waals surface area (Å²) in [4.78, 5) is 197. The highest BCUT2D eigenvalue weighted by atomic mass is 32.2. The van der Waals surface area contributed by atoms with Crippen molar-refractivity contribution in [1.82, 2.24) is 58.1 Å². The van der Waals surface area contributed by atoms with Crippen LogP contribution in [0, 0.1) is 5.92 Å². The number of likely N-dealkylation sites (tertiary alicyclic amines) is 1. The van der Waals surface area contributed by atoms with E-state index in [0.717, 1.165) is 11.8 Å². The summed E-state index contributed by atoms with van der Waals surface area (Å²) in [5, 5.41) is 61.1. The van der Waals surface area contributed by atoms with Crippen LogP contribution in [0.3, 0.4) is 0 Å². The van der Waals surface area contributed by atoms with Gasteiger partial charge < -0.3 is 119 Å². The number of aliphatic carboxylic acids is 3. The topological polar surface area (TPSA) is 663 Å². The Bertz CT molecular complexity index is 3300. The molecule has 576 valence electrons. The summed E-state index contributed by atoms with van der Waals surface area (Å²) in [6.07, 6.45) is 1.11. The number of nitrogens with one attached hydrogen (secondary N) is 10. The number of hydrogen-bond acceptors (Lipinski definition) is 20. The van der Waals surface area contributed by atoms with Gasteiger partial charge in [0.05, 0.1) is 25.7 Å². The Morgan fingerprint density at radius 2 is 0.981 bits per heavy atom. The molecule has 39 nitrogen and oxygen atoms in total. The maximum Gasteiger partial charge on any atom is 0.326 e. The number of carbonyl (C=O) groups is 14. The molecular formula is C64H101N21O18S. The van der Waals surface area contributed by atoms with E-state index in [4.69, 9.17) is 55.1 Å². The van der Waals surface area contributed by atoms with Gasteiger partial charge in [-0.3, -0.25) is 77.3 Å². The van der Waals surface area contributed by atoms with Crippen molar-refractivity contribution in [2.24, 2.45) is 61.0 Å². The number of nitrogens with two attached hydrogens (primary N) is 7. The molecule has 1 heterocycles. The van der Waals surface area contributed by atoms with Gasteiger partial charge in [0.25, 0.3) is 5.97 Å². The van der Waals surface area contributed by atoms with Gasteiger partial charge in [-0.2, -0.15) is 11.8 Å². The number of aromatic hydroxyl groups is 1. The van der Waals surface area contributed by atoms with E-state index in [2.05, 4.69) is 68.1 Å². The number of benzene rings is 2. The normalized spacial score (nSPS) is 14.4. The molecule has 2 aromatic carbocycles. The number of guanidine groups is 3. The van der Waals surface area contributed by atoms with Gasteiger partial charge in [-0.15, -0.1) is 0 Å². The number of aliphatic imine (C=N–C) groups is 3. The van der Waals surface area contributed by atoms with Crippen LogP contribution in [0.4, 0.5) is 0 Å². The zero-order valence-electron chi connectivity index (χ0n) is 58.6. The SMILES string of the molecule is CC(=O)O.CSCC[C@H](NC(=O)[C@H](Cc1ccccc1)NC(=O)CNC(=O)CNC(=O)[C@@H](N)Cc1ccc(O)cc1)C(=O)N[C@@H](CCCN=C(N)N)C(=O)N[C@@H](CCCN=C(N)N)C(=O)N[C@H](C(=O)NCC(=O)N[C@@H](CCCN=C(N)N)C(=O)N1CCC[C@H]1C(=O)N[C@@H](CCC(=O)O)C(=O)O)C(C)C. The van der Waals surface area contributed by atoms with E-state index in [0.29, 0.717) is 23.3 Å². The van der Waals surface area contributed by atoms with Crippen molar-refractivity contribution in [3.63, 3.8) is 0 Å². The molecule has 11 amide bonds. The Morgan fingerprint density at radius 1 is 0.529 bits per heavy atom. The maximum atomic E-state index is 14.6. The van der Waals surface area contributed by atoms with Crippen LogP contribution in [0.5, 0.6) is 5.75 Å². The quantitative estimate of drug-likeness (QED) is 0.0167. The highest BCUT2D eigenvalue weighted by Gasteiger charge is 2.40. The van der Waals surface area contributed by atoms with Crippen LogP contribution >= 0.6 is 11.8 Å². The fraction of sp³-hybridized carbons (Fsp3) is 0.547. The maximum absolute atomic E-state index is 14.6.